The van der Waals surface area contributed by atoms with Gasteiger partial charge in [-0.25, -0.2) is 14.3 Å². The van der Waals surface area contributed by atoms with Gasteiger partial charge in [0.25, 0.3) is 17.4 Å². The number of hydrogen-bond acceptors (Lipinski definition) is 13. The van der Waals surface area contributed by atoms with Gasteiger partial charge in [0.15, 0.2) is 0 Å². The van der Waals surface area contributed by atoms with E-state index in [0.717, 1.165) is 38.1 Å². The Morgan fingerprint density at radius 1 is 0.870 bits per heavy atom. The second-order valence-electron chi connectivity index (χ2n) is 19.1. The fourth-order valence-electron chi connectivity index (χ4n) is 10.1. The second kappa shape index (κ2) is 22.8. The standard InChI is InChI=1S/C56H57FN8O12/c1-4-56(74)32(3)77-29-38-39(56)23-43-53-37(28-64(43)55(38)73)52-44(16-15-36-31(2)40(57)24-41(63-53)51(36)52)76-21-20-75-30-61-47(68)26-60-54(72)42(22-34-8-6-5-7-9-34)62-48(69)27-59-46(67)25-58-45(66)17-12-33-10-13-35(14-11-33)65-49(70)18-19-50(65)71/h5-11,13-14,18-19,23-24,42,44,74H,3-4,12,15-17,20-22,25-30H2,1-2H3,(H,58,66)(H,59,67)(H,60,72)(H,61,68)(H,62,69)/t42-,44+,56+/m0/s1. The lowest BCUT2D eigenvalue weighted by Gasteiger charge is -2.35. The van der Waals surface area contributed by atoms with Crippen LogP contribution in [-0.4, -0.2) is 102 Å². The SMILES string of the molecule is C=C1OCc2c(cc3n(c2=O)Cc2c-3nc3cc(F)c(C)c4c3c2[C@H](OCCOCNC(=O)CNC(=O)[C@H](Cc2ccccc2)NC(=O)CNC(=O)CNC(=O)CCc2ccc(N3C(=O)C=CC3=O)cc2)CC4)[C@@]1(O)CC. The highest BCUT2D eigenvalue weighted by molar-refractivity contribution is 6.28. The van der Waals surface area contributed by atoms with Crippen LogP contribution < -0.4 is 37.0 Å². The van der Waals surface area contributed by atoms with Gasteiger partial charge in [-0.05, 0) is 78.6 Å². The zero-order chi connectivity index (χ0) is 54.5. The van der Waals surface area contributed by atoms with Gasteiger partial charge in [0.1, 0.15) is 36.6 Å². The first-order valence-corrected chi connectivity index (χ1v) is 25.3. The van der Waals surface area contributed by atoms with Crippen molar-refractivity contribution >= 4 is 57.9 Å². The molecule has 20 nitrogen and oxygen atoms in total. The van der Waals surface area contributed by atoms with Crippen LogP contribution in [0, 0.1) is 12.7 Å². The van der Waals surface area contributed by atoms with Gasteiger partial charge in [-0.3, -0.25) is 38.4 Å². The van der Waals surface area contributed by atoms with Crippen LogP contribution in [0.3, 0.4) is 0 Å². The van der Waals surface area contributed by atoms with Crippen molar-refractivity contribution in [1.29, 1.82) is 0 Å². The number of imide groups is 1. The molecule has 0 radical (unpaired) electrons. The van der Waals surface area contributed by atoms with Crippen LogP contribution in [0.5, 0.6) is 0 Å². The average molecular weight is 1050 g/mol. The van der Waals surface area contributed by atoms with E-state index < -0.39 is 78.7 Å². The summed E-state index contributed by atoms with van der Waals surface area (Å²) in [6.45, 7) is 6.18. The molecule has 3 atom stereocenters. The highest BCUT2D eigenvalue weighted by Gasteiger charge is 2.42. The van der Waals surface area contributed by atoms with Crippen molar-refractivity contribution < 1.29 is 57.3 Å². The number of aliphatic hydroxyl groups is 1. The molecular formula is C56H57FN8O12. The molecule has 0 bridgehead atoms. The topological polar surface area (TPSA) is 266 Å². The summed E-state index contributed by atoms with van der Waals surface area (Å²) in [5.74, 6) is -4.11. The van der Waals surface area contributed by atoms with E-state index in [9.17, 15) is 43.5 Å². The Balaban J connectivity index is 0.730. The number of fused-ring (bicyclic) bond motifs is 5. The molecule has 9 rings (SSSR count). The number of ether oxygens (including phenoxy) is 3. The van der Waals surface area contributed by atoms with Gasteiger partial charge >= 0.3 is 0 Å². The molecule has 5 heterocycles. The summed E-state index contributed by atoms with van der Waals surface area (Å²) in [6.07, 6.45) is 3.60. The molecule has 0 fully saturated rings. The number of rotatable bonds is 21. The lowest BCUT2D eigenvalue weighted by atomic mass is 9.82. The number of aryl methyl sites for hydroxylation is 2. The minimum atomic E-state index is -1.57. The number of carbonyl (C=O) groups is 7. The largest absolute Gasteiger partial charge is 0.490 e. The molecule has 21 heteroatoms. The first-order valence-electron chi connectivity index (χ1n) is 25.3. The highest BCUT2D eigenvalue weighted by Crippen LogP contribution is 2.47. The minimum absolute atomic E-state index is 0.0336. The Hall–Kier alpha value is -8.40. The molecule has 5 aromatic rings. The van der Waals surface area contributed by atoms with E-state index in [-0.39, 0.29) is 69.5 Å². The third-order valence-corrected chi connectivity index (χ3v) is 14.3. The quantitative estimate of drug-likeness (QED) is 0.0345. The van der Waals surface area contributed by atoms with Crippen LogP contribution in [0.1, 0.15) is 76.8 Å². The van der Waals surface area contributed by atoms with Crippen LogP contribution >= 0.6 is 0 Å². The maximum atomic E-state index is 15.4. The molecule has 4 aliphatic rings. The molecule has 400 valence electrons. The number of anilines is 1. The maximum Gasteiger partial charge on any atom is 0.258 e. The number of carbonyl (C=O) groups excluding carboxylic acids is 7. The molecule has 0 spiro atoms. The summed E-state index contributed by atoms with van der Waals surface area (Å²) in [6, 6.07) is 17.5. The maximum absolute atomic E-state index is 15.4. The summed E-state index contributed by atoms with van der Waals surface area (Å²) >= 11 is 0. The summed E-state index contributed by atoms with van der Waals surface area (Å²) in [5.41, 5.74) is 5.11. The van der Waals surface area contributed by atoms with E-state index >= 15 is 4.39 Å². The number of hydrogen-bond donors (Lipinski definition) is 6. The van der Waals surface area contributed by atoms with Gasteiger partial charge in [0.05, 0.1) is 73.7 Å². The van der Waals surface area contributed by atoms with Crippen LogP contribution in [-0.2, 0) is 85.8 Å². The van der Waals surface area contributed by atoms with E-state index in [0.29, 0.717) is 58.5 Å². The first kappa shape index (κ1) is 53.4. The zero-order valence-corrected chi connectivity index (χ0v) is 42.4. The predicted molar refractivity (Wildman–Crippen MR) is 277 cm³/mol. The summed E-state index contributed by atoms with van der Waals surface area (Å²) in [4.78, 5) is 108. The van der Waals surface area contributed by atoms with Crippen molar-refractivity contribution in [3.63, 3.8) is 0 Å². The Bertz CT molecular complexity index is 3310. The van der Waals surface area contributed by atoms with E-state index in [1.54, 1.807) is 79.1 Å². The minimum Gasteiger partial charge on any atom is -0.490 e. The molecule has 2 aromatic heterocycles. The Labute approximate surface area is 441 Å². The number of aromatic nitrogens is 2. The number of pyridine rings is 2. The summed E-state index contributed by atoms with van der Waals surface area (Å²) in [7, 11) is 0. The number of halogens is 1. The molecule has 0 saturated carbocycles. The first-order chi connectivity index (χ1) is 37.0. The molecule has 3 aromatic carbocycles. The van der Waals surface area contributed by atoms with Gasteiger partial charge < -0.3 is 50.5 Å². The van der Waals surface area contributed by atoms with Crippen LogP contribution in [0.4, 0.5) is 10.1 Å². The fraction of sp³-hybridized carbons (Fsp3) is 0.339. The van der Waals surface area contributed by atoms with Crippen molar-refractivity contribution in [2.45, 2.75) is 83.3 Å². The number of nitrogens with zero attached hydrogens (tertiary/aromatic N) is 3. The van der Waals surface area contributed by atoms with Crippen molar-refractivity contribution in [2.24, 2.45) is 0 Å². The van der Waals surface area contributed by atoms with Gasteiger partial charge in [0, 0.05) is 47.6 Å². The van der Waals surface area contributed by atoms with Crippen LogP contribution in [0.15, 0.2) is 96.0 Å². The van der Waals surface area contributed by atoms with E-state index in [4.69, 9.17) is 19.2 Å². The molecule has 6 N–H and O–H groups in total. The molecule has 0 unspecified atom stereocenters. The number of amides is 7. The zero-order valence-electron chi connectivity index (χ0n) is 42.4. The average Bonchev–Trinajstić information content (AvgIpc) is 4.18. The monoisotopic (exact) mass is 1050 g/mol. The Morgan fingerprint density at radius 3 is 2.31 bits per heavy atom. The van der Waals surface area contributed by atoms with Crippen molar-refractivity contribution in [3.8, 4) is 11.4 Å². The summed E-state index contributed by atoms with van der Waals surface area (Å²) < 4.78 is 34.8. The van der Waals surface area contributed by atoms with Gasteiger partial charge in [-0.2, -0.15) is 0 Å². The predicted octanol–water partition coefficient (Wildman–Crippen LogP) is 2.75. The van der Waals surface area contributed by atoms with Crippen molar-refractivity contribution in [3.05, 3.63) is 152 Å². The number of nitrogens with one attached hydrogen (secondary N) is 5. The molecule has 77 heavy (non-hydrogen) atoms. The van der Waals surface area contributed by atoms with Gasteiger partial charge in [0.2, 0.25) is 29.5 Å². The number of benzene rings is 3. The van der Waals surface area contributed by atoms with Crippen LogP contribution in [0.2, 0.25) is 0 Å². The third-order valence-electron chi connectivity index (χ3n) is 14.3. The molecular weight excluding hydrogens is 996 g/mol. The van der Waals surface area contributed by atoms with E-state index in [1.165, 1.54) is 18.2 Å². The highest BCUT2D eigenvalue weighted by atomic mass is 19.1. The van der Waals surface area contributed by atoms with Crippen LogP contribution in [0.25, 0.3) is 22.3 Å². The van der Waals surface area contributed by atoms with Gasteiger partial charge in [-0.1, -0.05) is 56.0 Å². The normalized spacial score (nSPS) is 17.3. The molecule has 3 aliphatic heterocycles. The van der Waals surface area contributed by atoms with Gasteiger partial charge in [-0.15, -0.1) is 0 Å². The lowest BCUT2D eigenvalue weighted by Crippen LogP contribution is -2.52. The second-order valence-corrected chi connectivity index (χ2v) is 19.1. The third kappa shape index (κ3) is 11.3. The van der Waals surface area contributed by atoms with E-state index in [1.807, 2.05) is 0 Å². The molecule has 0 saturated heterocycles. The smallest absolute Gasteiger partial charge is 0.258 e. The Kier molecular flexibility index (Phi) is 15.8. The Morgan fingerprint density at radius 2 is 1.57 bits per heavy atom. The lowest BCUT2D eigenvalue weighted by molar-refractivity contribution is -0.131. The molecule has 7 amide bonds. The molecule has 1 aliphatic carbocycles. The van der Waals surface area contributed by atoms with Crippen molar-refractivity contribution in [2.75, 3.05) is 44.5 Å². The fourth-order valence-corrected chi connectivity index (χ4v) is 10.1. The van der Waals surface area contributed by atoms with Crippen molar-refractivity contribution in [1.82, 2.24) is 36.1 Å². The summed E-state index contributed by atoms with van der Waals surface area (Å²) in [5, 5.41) is 25.0. The van der Waals surface area contributed by atoms with E-state index in [2.05, 4.69) is 33.2 Å².